The van der Waals surface area contributed by atoms with Crippen molar-refractivity contribution in [2.75, 3.05) is 11.9 Å². The van der Waals surface area contributed by atoms with Gasteiger partial charge in [0.05, 0.1) is 11.5 Å². The van der Waals surface area contributed by atoms with E-state index in [9.17, 15) is 4.79 Å². The van der Waals surface area contributed by atoms with Crippen LogP contribution >= 0.6 is 0 Å². The van der Waals surface area contributed by atoms with E-state index in [0.29, 0.717) is 12.6 Å². The highest BCUT2D eigenvalue weighted by molar-refractivity contribution is 5.95. The fraction of sp³-hybridized carbons (Fsp3) is 0.467. The topological polar surface area (TPSA) is 98.7 Å². The van der Waals surface area contributed by atoms with Gasteiger partial charge in [0, 0.05) is 17.8 Å². The molecule has 7 heteroatoms. The smallest absolute Gasteiger partial charge is 0.231 e. The van der Waals surface area contributed by atoms with Crippen LogP contribution in [0.2, 0.25) is 0 Å². The summed E-state index contributed by atoms with van der Waals surface area (Å²) in [7, 11) is 0. The van der Waals surface area contributed by atoms with Crippen LogP contribution < -0.4 is 11.1 Å². The van der Waals surface area contributed by atoms with E-state index in [-0.39, 0.29) is 5.91 Å². The van der Waals surface area contributed by atoms with Gasteiger partial charge in [-0.05, 0) is 49.2 Å². The molecule has 1 saturated carbocycles. The first-order valence-corrected chi connectivity index (χ1v) is 7.41. The molecule has 0 atom stereocenters. The second kappa shape index (κ2) is 5.49. The third-order valence-corrected chi connectivity index (χ3v) is 3.89. The number of hydrogen-bond donors (Lipinski definition) is 2. The molecule has 0 saturated heterocycles. The van der Waals surface area contributed by atoms with Crippen LogP contribution in [-0.4, -0.2) is 32.7 Å². The van der Waals surface area contributed by atoms with Crippen molar-refractivity contribution in [1.82, 2.24) is 20.2 Å². The van der Waals surface area contributed by atoms with Crippen molar-refractivity contribution in [2.45, 2.75) is 32.7 Å². The second-order valence-electron chi connectivity index (χ2n) is 6.30. The van der Waals surface area contributed by atoms with Crippen LogP contribution in [0, 0.1) is 5.41 Å². The van der Waals surface area contributed by atoms with Crippen LogP contribution in [0.5, 0.6) is 0 Å². The molecule has 0 unspecified atom stereocenters. The van der Waals surface area contributed by atoms with Crippen LogP contribution in [0.4, 0.5) is 5.69 Å². The third kappa shape index (κ3) is 2.85. The molecule has 3 N–H and O–H groups in total. The first-order chi connectivity index (χ1) is 10.5. The summed E-state index contributed by atoms with van der Waals surface area (Å²) in [4.78, 5) is 12.2. The van der Waals surface area contributed by atoms with Crippen molar-refractivity contribution in [3.05, 3.63) is 24.3 Å². The third-order valence-electron chi connectivity index (χ3n) is 3.89. The van der Waals surface area contributed by atoms with E-state index in [1.54, 1.807) is 0 Å². The lowest BCUT2D eigenvalue weighted by atomic mass is 9.92. The maximum absolute atomic E-state index is 12.2. The minimum Gasteiger partial charge on any atom is -0.329 e. The number of benzene rings is 1. The van der Waals surface area contributed by atoms with Crippen molar-refractivity contribution in [3.8, 4) is 11.4 Å². The fourth-order valence-electron chi connectivity index (χ4n) is 2.08. The van der Waals surface area contributed by atoms with Crippen molar-refractivity contribution >= 4 is 11.6 Å². The normalized spacial score (nSPS) is 14.9. The largest absolute Gasteiger partial charge is 0.329 e. The molecule has 116 valence electrons. The fourth-order valence-corrected chi connectivity index (χ4v) is 2.08. The molecule has 22 heavy (non-hydrogen) atoms. The second-order valence-corrected chi connectivity index (χ2v) is 6.30. The van der Waals surface area contributed by atoms with E-state index in [1.807, 2.05) is 42.8 Å². The molecule has 3 rings (SSSR count). The number of anilines is 1. The highest BCUT2D eigenvalue weighted by Crippen LogP contribution is 2.36. The first-order valence-electron chi connectivity index (χ1n) is 7.41. The molecule has 1 aliphatic rings. The lowest BCUT2D eigenvalue weighted by Crippen LogP contribution is -2.37. The van der Waals surface area contributed by atoms with Gasteiger partial charge < -0.3 is 11.1 Å². The molecular weight excluding hydrogens is 280 g/mol. The average molecular weight is 300 g/mol. The van der Waals surface area contributed by atoms with E-state index in [2.05, 4.69) is 20.8 Å². The molecule has 1 aromatic heterocycles. The zero-order valence-corrected chi connectivity index (χ0v) is 12.8. The number of carbonyl (C=O) groups excluding carboxylic acids is 1. The zero-order valence-electron chi connectivity index (χ0n) is 12.8. The molecule has 1 aliphatic carbocycles. The average Bonchev–Trinajstić information content (AvgIpc) is 3.24. The Bertz CT molecular complexity index is 689. The molecule has 1 aromatic carbocycles. The number of nitrogens with one attached hydrogen (secondary N) is 1. The number of hydrogen-bond acceptors (Lipinski definition) is 5. The monoisotopic (exact) mass is 300 g/mol. The van der Waals surface area contributed by atoms with Gasteiger partial charge in [0.15, 0.2) is 5.82 Å². The van der Waals surface area contributed by atoms with E-state index in [4.69, 9.17) is 5.73 Å². The number of amides is 1. The van der Waals surface area contributed by atoms with Gasteiger partial charge in [-0.2, -0.15) is 0 Å². The Balaban J connectivity index is 1.84. The quantitative estimate of drug-likeness (QED) is 0.873. The summed E-state index contributed by atoms with van der Waals surface area (Å²) in [5.41, 5.74) is 6.64. The standard InChI is InChI=1S/C15H20N6O/c1-15(2,9-16)14(22)17-11-5-3-4-10(8-11)13-18-19-20-21(13)12-6-7-12/h3-5,8,12H,6-7,9,16H2,1-2H3,(H,17,22). The predicted molar refractivity (Wildman–Crippen MR) is 83.0 cm³/mol. The van der Waals surface area contributed by atoms with E-state index < -0.39 is 5.41 Å². The Hall–Kier alpha value is -2.28. The highest BCUT2D eigenvalue weighted by atomic mass is 16.2. The SMILES string of the molecule is CC(C)(CN)C(=O)Nc1cccc(-c2nnnn2C2CC2)c1. The van der Waals surface area contributed by atoms with Crippen LogP contribution in [0.25, 0.3) is 11.4 Å². The van der Waals surface area contributed by atoms with Crippen molar-refractivity contribution in [2.24, 2.45) is 11.1 Å². The number of tetrazole rings is 1. The summed E-state index contributed by atoms with van der Waals surface area (Å²) < 4.78 is 1.85. The number of carbonyl (C=O) groups is 1. The molecule has 0 spiro atoms. The van der Waals surface area contributed by atoms with Gasteiger partial charge in [0.2, 0.25) is 5.91 Å². The number of rotatable bonds is 5. The van der Waals surface area contributed by atoms with Gasteiger partial charge in [-0.1, -0.05) is 12.1 Å². The van der Waals surface area contributed by atoms with Gasteiger partial charge in [-0.3, -0.25) is 4.79 Å². The van der Waals surface area contributed by atoms with Crippen molar-refractivity contribution < 1.29 is 4.79 Å². The van der Waals surface area contributed by atoms with Crippen molar-refractivity contribution in [3.63, 3.8) is 0 Å². The first kappa shape index (κ1) is 14.6. The Morgan fingerprint density at radius 3 is 2.91 bits per heavy atom. The molecule has 7 nitrogen and oxygen atoms in total. The van der Waals surface area contributed by atoms with Gasteiger partial charge in [0.1, 0.15) is 0 Å². The minimum atomic E-state index is -0.606. The lowest BCUT2D eigenvalue weighted by Gasteiger charge is -2.21. The molecule has 0 radical (unpaired) electrons. The summed E-state index contributed by atoms with van der Waals surface area (Å²) in [5, 5.41) is 14.8. The van der Waals surface area contributed by atoms with Gasteiger partial charge >= 0.3 is 0 Å². The maximum Gasteiger partial charge on any atom is 0.231 e. The van der Waals surface area contributed by atoms with Gasteiger partial charge in [-0.15, -0.1) is 5.10 Å². The molecule has 1 amide bonds. The summed E-state index contributed by atoms with van der Waals surface area (Å²) >= 11 is 0. The van der Waals surface area contributed by atoms with Crippen LogP contribution in [-0.2, 0) is 4.79 Å². The zero-order chi connectivity index (χ0) is 15.7. The number of aromatic nitrogens is 4. The molecule has 1 fully saturated rings. The summed E-state index contributed by atoms with van der Waals surface area (Å²) in [6.07, 6.45) is 2.22. The number of nitrogens with zero attached hydrogens (tertiary/aromatic N) is 4. The Labute approximate surface area is 128 Å². The van der Waals surface area contributed by atoms with E-state index in [0.717, 1.165) is 29.9 Å². The summed E-state index contributed by atoms with van der Waals surface area (Å²) in [6, 6.07) is 7.95. The van der Waals surface area contributed by atoms with Crippen LogP contribution in [0.15, 0.2) is 24.3 Å². The Kier molecular flexibility index (Phi) is 3.66. The summed E-state index contributed by atoms with van der Waals surface area (Å²) in [5.74, 6) is 0.630. The molecule has 1 heterocycles. The summed E-state index contributed by atoms with van der Waals surface area (Å²) in [6.45, 7) is 3.93. The van der Waals surface area contributed by atoms with E-state index >= 15 is 0 Å². The predicted octanol–water partition coefficient (Wildman–Crippen LogP) is 1.60. The lowest BCUT2D eigenvalue weighted by molar-refractivity contribution is -0.123. The van der Waals surface area contributed by atoms with Crippen LogP contribution in [0.3, 0.4) is 0 Å². The molecule has 0 bridgehead atoms. The Morgan fingerprint density at radius 2 is 2.23 bits per heavy atom. The maximum atomic E-state index is 12.2. The van der Waals surface area contributed by atoms with Gasteiger partial charge in [0.25, 0.3) is 0 Å². The van der Waals surface area contributed by atoms with E-state index in [1.165, 1.54) is 0 Å². The van der Waals surface area contributed by atoms with Crippen LogP contribution in [0.1, 0.15) is 32.7 Å². The minimum absolute atomic E-state index is 0.103. The number of nitrogens with two attached hydrogens (primary N) is 1. The molecule has 0 aliphatic heterocycles. The highest BCUT2D eigenvalue weighted by Gasteiger charge is 2.29. The Morgan fingerprint density at radius 1 is 1.45 bits per heavy atom. The molecule has 2 aromatic rings. The molecular formula is C15H20N6O. The van der Waals surface area contributed by atoms with Crippen molar-refractivity contribution in [1.29, 1.82) is 0 Å². The van der Waals surface area contributed by atoms with Gasteiger partial charge in [-0.25, -0.2) is 4.68 Å².